The van der Waals surface area contributed by atoms with Crippen molar-refractivity contribution in [3.05, 3.63) is 30.2 Å². The van der Waals surface area contributed by atoms with Crippen LogP contribution in [-0.4, -0.2) is 26.5 Å². The summed E-state index contributed by atoms with van der Waals surface area (Å²) >= 11 is 0. The fourth-order valence-electron chi connectivity index (χ4n) is 4.29. The van der Waals surface area contributed by atoms with Crippen LogP contribution in [0.5, 0.6) is 0 Å². The zero-order valence-electron chi connectivity index (χ0n) is 12.2. The molecule has 5 heteroatoms. The summed E-state index contributed by atoms with van der Waals surface area (Å²) in [5.41, 5.74) is 1.18. The maximum absolute atomic E-state index is 12.5. The van der Waals surface area contributed by atoms with Gasteiger partial charge in [-0.05, 0) is 50.0 Å². The first-order chi connectivity index (χ1) is 10.2. The molecule has 5 nitrogen and oxygen atoms in total. The molecule has 2 aliphatic carbocycles. The van der Waals surface area contributed by atoms with Crippen LogP contribution in [0.4, 0.5) is 0 Å². The minimum atomic E-state index is -0.0565. The van der Waals surface area contributed by atoms with Crippen molar-refractivity contribution in [3.8, 4) is 0 Å². The van der Waals surface area contributed by atoms with Gasteiger partial charge in [-0.3, -0.25) is 4.79 Å². The van der Waals surface area contributed by atoms with E-state index in [1.165, 1.54) is 25.7 Å². The zero-order valence-corrected chi connectivity index (χ0v) is 12.2. The number of amides is 1. The molecule has 0 aliphatic heterocycles. The second kappa shape index (κ2) is 4.83. The molecule has 0 spiro atoms. The summed E-state index contributed by atoms with van der Waals surface area (Å²) in [6.45, 7) is 2.14. The van der Waals surface area contributed by atoms with E-state index in [-0.39, 0.29) is 11.9 Å². The van der Waals surface area contributed by atoms with Gasteiger partial charge in [0.15, 0.2) is 5.65 Å². The molecule has 2 heterocycles. The molecule has 0 radical (unpaired) electrons. The number of aromatic nitrogens is 3. The average Bonchev–Trinajstić information content (AvgIpc) is 3.21. The molecule has 4 atom stereocenters. The fourth-order valence-corrected chi connectivity index (χ4v) is 4.29. The molecule has 2 aromatic heterocycles. The Hall–Kier alpha value is -1.91. The van der Waals surface area contributed by atoms with Crippen LogP contribution in [0.15, 0.2) is 24.7 Å². The molecule has 4 rings (SSSR count). The summed E-state index contributed by atoms with van der Waals surface area (Å²) in [5, 5.41) is 7.35. The van der Waals surface area contributed by atoms with Crippen molar-refractivity contribution in [2.24, 2.45) is 17.8 Å². The lowest BCUT2D eigenvalue weighted by atomic mass is 9.84. The first kappa shape index (κ1) is 12.8. The molecule has 110 valence electrons. The van der Waals surface area contributed by atoms with Gasteiger partial charge >= 0.3 is 0 Å². The molecule has 2 aliphatic rings. The number of fused-ring (bicyclic) bond motifs is 3. The number of nitrogens with one attached hydrogen (secondary N) is 1. The van der Waals surface area contributed by atoms with Crippen LogP contribution in [0, 0.1) is 17.8 Å². The van der Waals surface area contributed by atoms with Gasteiger partial charge in [0.05, 0.1) is 6.20 Å². The maximum Gasteiger partial charge on any atom is 0.256 e. The van der Waals surface area contributed by atoms with Gasteiger partial charge in [0, 0.05) is 18.4 Å². The lowest BCUT2D eigenvalue weighted by Gasteiger charge is -2.28. The second-order valence-corrected chi connectivity index (χ2v) is 6.55. The minimum absolute atomic E-state index is 0.0565. The average molecular weight is 284 g/mol. The monoisotopic (exact) mass is 284 g/mol. The van der Waals surface area contributed by atoms with E-state index in [1.807, 2.05) is 0 Å². The van der Waals surface area contributed by atoms with E-state index in [0.717, 1.165) is 11.8 Å². The first-order valence-corrected chi connectivity index (χ1v) is 7.81. The predicted molar refractivity (Wildman–Crippen MR) is 78.9 cm³/mol. The highest BCUT2D eigenvalue weighted by molar-refractivity contribution is 5.99. The van der Waals surface area contributed by atoms with Crippen LogP contribution in [-0.2, 0) is 0 Å². The molecule has 1 N–H and O–H groups in total. The normalized spacial score (nSPS) is 28.9. The lowest BCUT2D eigenvalue weighted by molar-refractivity contribution is 0.0917. The SMILES string of the molecule is C[C@@H](NC(=O)c1cnn2cccnc12)[C@H]1C[C@H]2CC[C@H]1C2. The van der Waals surface area contributed by atoms with Crippen LogP contribution in [0.2, 0.25) is 0 Å². The van der Waals surface area contributed by atoms with Gasteiger partial charge in [0.2, 0.25) is 0 Å². The van der Waals surface area contributed by atoms with Gasteiger partial charge in [-0.1, -0.05) is 6.42 Å². The number of rotatable bonds is 3. The third-order valence-electron chi connectivity index (χ3n) is 5.32. The summed E-state index contributed by atoms with van der Waals surface area (Å²) in [6.07, 6.45) is 10.5. The van der Waals surface area contributed by atoms with Crippen molar-refractivity contribution in [1.82, 2.24) is 19.9 Å². The molecular formula is C16H20N4O. The van der Waals surface area contributed by atoms with Gasteiger partial charge in [0.25, 0.3) is 5.91 Å². The Bertz CT molecular complexity index is 680. The molecule has 0 aromatic carbocycles. The largest absolute Gasteiger partial charge is 0.349 e. The molecule has 1 amide bonds. The molecule has 2 fully saturated rings. The molecule has 21 heavy (non-hydrogen) atoms. The van der Waals surface area contributed by atoms with E-state index in [9.17, 15) is 4.79 Å². The predicted octanol–water partition coefficient (Wildman–Crippen LogP) is 2.28. The Morgan fingerprint density at radius 2 is 2.33 bits per heavy atom. The third-order valence-corrected chi connectivity index (χ3v) is 5.32. The van der Waals surface area contributed by atoms with E-state index >= 15 is 0 Å². The smallest absolute Gasteiger partial charge is 0.256 e. The summed E-state index contributed by atoms with van der Waals surface area (Å²) < 4.78 is 1.64. The van der Waals surface area contributed by atoms with Crippen LogP contribution in [0.1, 0.15) is 43.0 Å². The molecule has 2 saturated carbocycles. The first-order valence-electron chi connectivity index (χ1n) is 7.81. The molecular weight excluding hydrogens is 264 g/mol. The Kier molecular flexibility index (Phi) is 2.94. The maximum atomic E-state index is 12.5. The highest BCUT2D eigenvalue weighted by Crippen LogP contribution is 2.49. The van der Waals surface area contributed by atoms with Crippen LogP contribution < -0.4 is 5.32 Å². The number of hydrogen-bond acceptors (Lipinski definition) is 3. The van der Waals surface area contributed by atoms with Crippen LogP contribution in [0.3, 0.4) is 0 Å². The third kappa shape index (κ3) is 2.11. The lowest BCUT2D eigenvalue weighted by Crippen LogP contribution is -2.40. The van der Waals surface area contributed by atoms with Crippen LogP contribution in [0.25, 0.3) is 5.65 Å². The van der Waals surface area contributed by atoms with Crippen molar-refractivity contribution in [1.29, 1.82) is 0 Å². The summed E-state index contributed by atoms with van der Waals surface area (Å²) in [7, 11) is 0. The van der Waals surface area contributed by atoms with Gasteiger partial charge < -0.3 is 5.32 Å². The van der Waals surface area contributed by atoms with Crippen molar-refractivity contribution in [2.75, 3.05) is 0 Å². The Morgan fingerprint density at radius 3 is 3.10 bits per heavy atom. The number of nitrogens with zero attached hydrogens (tertiary/aromatic N) is 3. The van der Waals surface area contributed by atoms with E-state index < -0.39 is 0 Å². The van der Waals surface area contributed by atoms with E-state index in [4.69, 9.17) is 0 Å². The summed E-state index contributed by atoms with van der Waals surface area (Å²) in [6, 6.07) is 2.03. The summed E-state index contributed by atoms with van der Waals surface area (Å²) in [5.74, 6) is 2.30. The second-order valence-electron chi connectivity index (χ2n) is 6.55. The van der Waals surface area contributed by atoms with Crippen molar-refractivity contribution < 1.29 is 4.79 Å². The van der Waals surface area contributed by atoms with Crippen molar-refractivity contribution in [3.63, 3.8) is 0 Å². The number of hydrogen-bond donors (Lipinski definition) is 1. The fraction of sp³-hybridized carbons (Fsp3) is 0.562. The number of carbonyl (C=O) groups is 1. The minimum Gasteiger partial charge on any atom is -0.349 e. The van der Waals surface area contributed by atoms with Gasteiger partial charge in [0.1, 0.15) is 5.56 Å². The van der Waals surface area contributed by atoms with Gasteiger partial charge in [-0.2, -0.15) is 5.10 Å². The topological polar surface area (TPSA) is 59.3 Å². The van der Waals surface area contributed by atoms with Gasteiger partial charge in [-0.15, -0.1) is 0 Å². The molecule has 2 aromatic rings. The number of carbonyl (C=O) groups excluding carboxylic acids is 1. The van der Waals surface area contributed by atoms with E-state index in [0.29, 0.717) is 17.1 Å². The molecule has 0 unspecified atom stereocenters. The Labute approximate surface area is 123 Å². The highest BCUT2D eigenvalue weighted by Gasteiger charge is 2.42. The van der Waals surface area contributed by atoms with Crippen LogP contribution >= 0.6 is 0 Å². The summed E-state index contributed by atoms with van der Waals surface area (Å²) in [4.78, 5) is 16.7. The quantitative estimate of drug-likeness (QED) is 0.940. The van der Waals surface area contributed by atoms with Gasteiger partial charge in [-0.25, -0.2) is 9.50 Å². The molecule has 2 bridgehead atoms. The highest BCUT2D eigenvalue weighted by atomic mass is 16.1. The van der Waals surface area contributed by atoms with E-state index in [2.05, 4.69) is 22.3 Å². The Balaban J connectivity index is 1.50. The van der Waals surface area contributed by atoms with E-state index in [1.54, 1.807) is 29.2 Å². The van der Waals surface area contributed by atoms with Crippen molar-refractivity contribution >= 4 is 11.6 Å². The Morgan fingerprint density at radius 1 is 1.43 bits per heavy atom. The molecule has 0 saturated heterocycles. The zero-order chi connectivity index (χ0) is 14.4. The standard InChI is InChI=1S/C16H20N4O/c1-10(13-8-11-3-4-12(13)7-11)19-16(21)14-9-18-20-6-2-5-17-15(14)20/h2,5-6,9-13H,3-4,7-8H2,1H3,(H,19,21)/t10-,11+,12+,13-/m1/s1. The van der Waals surface area contributed by atoms with Crippen molar-refractivity contribution in [2.45, 2.75) is 38.6 Å².